The van der Waals surface area contributed by atoms with Crippen molar-refractivity contribution in [3.8, 4) is 5.75 Å². The Hall–Kier alpha value is -2.58. The van der Waals surface area contributed by atoms with Crippen LogP contribution in [0.15, 0.2) is 47.4 Å². The molecule has 8 heteroatoms. The molecule has 0 atom stereocenters. The molecule has 2 aromatic rings. The topological polar surface area (TPSA) is 87.7 Å². The third-order valence-electron chi connectivity index (χ3n) is 3.81. The standard InChI is InChI=1S/C18H23N3O4S/c1-13-9-10-14(26(23,24)21(2)3)11-16(13)20-18(22)12-19-15-7-5-6-8-17(15)25-4/h5-11,19H,12H2,1-4H3,(H,20,22). The highest BCUT2D eigenvalue weighted by molar-refractivity contribution is 7.89. The van der Waals surface area contributed by atoms with Crippen molar-refractivity contribution in [1.82, 2.24) is 4.31 Å². The van der Waals surface area contributed by atoms with Gasteiger partial charge >= 0.3 is 0 Å². The molecule has 0 unspecified atom stereocenters. The molecule has 0 heterocycles. The van der Waals surface area contributed by atoms with Gasteiger partial charge in [0.2, 0.25) is 15.9 Å². The van der Waals surface area contributed by atoms with Crippen molar-refractivity contribution in [3.63, 3.8) is 0 Å². The number of amides is 1. The number of ether oxygens (including phenoxy) is 1. The number of sulfonamides is 1. The van der Waals surface area contributed by atoms with Crippen LogP contribution in [0.3, 0.4) is 0 Å². The van der Waals surface area contributed by atoms with E-state index in [4.69, 9.17) is 4.74 Å². The average molecular weight is 377 g/mol. The van der Waals surface area contributed by atoms with Crippen LogP contribution in [0.1, 0.15) is 5.56 Å². The first-order valence-corrected chi connectivity index (χ1v) is 9.39. The summed E-state index contributed by atoms with van der Waals surface area (Å²) in [6.45, 7) is 1.82. The predicted molar refractivity (Wildman–Crippen MR) is 102 cm³/mol. The highest BCUT2D eigenvalue weighted by Gasteiger charge is 2.18. The van der Waals surface area contributed by atoms with Gasteiger partial charge in [-0.1, -0.05) is 18.2 Å². The molecule has 2 rings (SSSR count). The number of methoxy groups -OCH3 is 1. The van der Waals surface area contributed by atoms with Crippen molar-refractivity contribution in [2.75, 3.05) is 38.4 Å². The average Bonchev–Trinajstić information content (AvgIpc) is 2.61. The van der Waals surface area contributed by atoms with Crippen molar-refractivity contribution in [2.24, 2.45) is 0 Å². The second kappa shape index (κ2) is 8.20. The number of carbonyl (C=O) groups excluding carboxylic acids is 1. The fourth-order valence-corrected chi connectivity index (χ4v) is 3.20. The van der Waals surface area contributed by atoms with Crippen molar-refractivity contribution < 1.29 is 17.9 Å². The number of hydrogen-bond donors (Lipinski definition) is 2. The molecule has 0 aromatic heterocycles. The predicted octanol–water partition coefficient (Wildman–Crippen LogP) is 2.30. The van der Waals surface area contributed by atoms with E-state index in [2.05, 4.69) is 10.6 Å². The lowest BCUT2D eigenvalue weighted by atomic mass is 10.2. The van der Waals surface area contributed by atoms with Gasteiger partial charge in [0.05, 0.1) is 24.2 Å². The van der Waals surface area contributed by atoms with Gasteiger partial charge in [0.1, 0.15) is 5.75 Å². The summed E-state index contributed by atoms with van der Waals surface area (Å²) in [5.41, 5.74) is 1.93. The zero-order chi connectivity index (χ0) is 19.3. The molecule has 0 radical (unpaired) electrons. The molecule has 140 valence electrons. The molecule has 0 spiro atoms. The molecule has 0 bridgehead atoms. The SMILES string of the molecule is COc1ccccc1NCC(=O)Nc1cc(S(=O)(=O)N(C)C)ccc1C. The van der Waals surface area contributed by atoms with E-state index in [0.29, 0.717) is 17.1 Å². The van der Waals surface area contributed by atoms with E-state index in [1.54, 1.807) is 26.2 Å². The Kier molecular flexibility index (Phi) is 6.23. The van der Waals surface area contributed by atoms with Crippen LogP contribution in [0, 0.1) is 6.92 Å². The molecule has 0 aliphatic rings. The van der Waals surface area contributed by atoms with E-state index in [9.17, 15) is 13.2 Å². The molecular weight excluding hydrogens is 354 g/mol. The Balaban J connectivity index is 2.11. The van der Waals surface area contributed by atoms with E-state index >= 15 is 0 Å². The summed E-state index contributed by atoms with van der Waals surface area (Å²) < 4.78 is 30.9. The monoisotopic (exact) mass is 377 g/mol. The molecule has 26 heavy (non-hydrogen) atoms. The minimum atomic E-state index is -3.57. The Morgan fingerprint density at radius 2 is 1.81 bits per heavy atom. The van der Waals surface area contributed by atoms with Gasteiger partial charge in [-0.25, -0.2) is 12.7 Å². The molecule has 7 nitrogen and oxygen atoms in total. The minimum Gasteiger partial charge on any atom is -0.495 e. The number of aryl methyl sites for hydroxylation is 1. The number of nitrogens with one attached hydrogen (secondary N) is 2. The molecule has 0 fully saturated rings. The van der Waals surface area contributed by atoms with Crippen molar-refractivity contribution in [2.45, 2.75) is 11.8 Å². The number of carbonyl (C=O) groups is 1. The Bertz CT molecular complexity index is 895. The van der Waals surface area contributed by atoms with Gasteiger partial charge in [-0.15, -0.1) is 0 Å². The third kappa shape index (κ3) is 4.53. The van der Waals surface area contributed by atoms with E-state index in [1.807, 2.05) is 18.2 Å². The van der Waals surface area contributed by atoms with Gasteiger partial charge in [-0.2, -0.15) is 0 Å². The largest absolute Gasteiger partial charge is 0.495 e. The maximum Gasteiger partial charge on any atom is 0.243 e. The van der Waals surface area contributed by atoms with Crippen molar-refractivity contribution in [3.05, 3.63) is 48.0 Å². The molecule has 0 saturated carbocycles. The Morgan fingerprint density at radius 1 is 1.12 bits per heavy atom. The fourth-order valence-electron chi connectivity index (χ4n) is 2.27. The Morgan fingerprint density at radius 3 is 2.46 bits per heavy atom. The van der Waals surface area contributed by atoms with Gasteiger partial charge in [0.25, 0.3) is 0 Å². The Labute approximate surface area is 154 Å². The summed E-state index contributed by atoms with van der Waals surface area (Å²) in [5.74, 6) is 0.342. The van der Waals surface area contributed by atoms with Gasteiger partial charge in [-0.3, -0.25) is 4.79 Å². The molecule has 2 N–H and O–H groups in total. The van der Waals surface area contributed by atoms with E-state index in [1.165, 1.54) is 26.2 Å². The number of nitrogens with zero attached hydrogens (tertiary/aromatic N) is 1. The van der Waals surface area contributed by atoms with Gasteiger partial charge < -0.3 is 15.4 Å². The first kappa shape index (κ1) is 19.7. The van der Waals surface area contributed by atoms with Gasteiger partial charge in [-0.05, 0) is 36.8 Å². The van der Waals surface area contributed by atoms with Gasteiger partial charge in [0.15, 0.2) is 0 Å². The smallest absolute Gasteiger partial charge is 0.243 e. The minimum absolute atomic E-state index is 0.0183. The zero-order valence-electron chi connectivity index (χ0n) is 15.2. The maximum atomic E-state index is 12.3. The van der Waals surface area contributed by atoms with Crippen molar-refractivity contribution >= 4 is 27.3 Å². The maximum absolute atomic E-state index is 12.3. The number of rotatable bonds is 7. The molecule has 0 saturated heterocycles. The van der Waals surface area contributed by atoms with Crippen LogP contribution >= 0.6 is 0 Å². The number of benzene rings is 2. The number of hydrogen-bond acceptors (Lipinski definition) is 5. The lowest BCUT2D eigenvalue weighted by Gasteiger charge is -2.15. The lowest BCUT2D eigenvalue weighted by molar-refractivity contribution is -0.114. The molecule has 0 aliphatic carbocycles. The third-order valence-corrected chi connectivity index (χ3v) is 5.62. The summed E-state index contributed by atoms with van der Waals surface area (Å²) in [4.78, 5) is 12.4. The van der Waals surface area contributed by atoms with Crippen LogP contribution in [0.4, 0.5) is 11.4 Å². The molecular formula is C18H23N3O4S. The van der Waals surface area contributed by atoms with Crippen LogP contribution in [-0.4, -0.2) is 46.4 Å². The van der Waals surface area contributed by atoms with E-state index < -0.39 is 10.0 Å². The van der Waals surface area contributed by atoms with E-state index in [0.717, 1.165) is 9.87 Å². The summed E-state index contributed by atoms with van der Waals surface area (Å²) in [6, 6.07) is 11.9. The molecule has 2 aromatic carbocycles. The van der Waals surface area contributed by atoms with Crippen molar-refractivity contribution in [1.29, 1.82) is 0 Å². The van der Waals surface area contributed by atoms with Crippen LogP contribution in [0.2, 0.25) is 0 Å². The number of para-hydroxylation sites is 2. The first-order chi connectivity index (χ1) is 12.3. The molecule has 1 amide bonds. The summed E-state index contributed by atoms with van der Waals surface area (Å²) in [7, 11) is 0.916. The fraction of sp³-hybridized carbons (Fsp3) is 0.278. The van der Waals surface area contributed by atoms with E-state index in [-0.39, 0.29) is 17.3 Å². The highest BCUT2D eigenvalue weighted by atomic mass is 32.2. The van der Waals surface area contributed by atoms with Gasteiger partial charge in [0, 0.05) is 19.8 Å². The normalized spacial score (nSPS) is 11.3. The summed E-state index contributed by atoms with van der Waals surface area (Å²) in [5, 5.41) is 5.75. The van der Waals surface area contributed by atoms with Crippen LogP contribution < -0.4 is 15.4 Å². The lowest BCUT2D eigenvalue weighted by Crippen LogP contribution is -2.24. The van der Waals surface area contributed by atoms with Crippen LogP contribution in [-0.2, 0) is 14.8 Å². The zero-order valence-corrected chi connectivity index (χ0v) is 16.1. The summed E-state index contributed by atoms with van der Waals surface area (Å²) in [6.07, 6.45) is 0. The molecule has 0 aliphatic heterocycles. The highest BCUT2D eigenvalue weighted by Crippen LogP contribution is 2.24. The number of anilines is 2. The quantitative estimate of drug-likeness (QED) is 0.773. The second-order valence-corrected chi connectivity index (χ2v) is 8.02. The van der Waals surface area contributed by atoms with Crippen LogP contribution in [0.25, 0.3) is 0 Å². The second-order valence-electron chi connectivity index (χ2n) is 5.87. The first-order valence-electron chi connectivity index (χ1n) is 7.95. The van der Waals surface area contributed by atoms with Crippen LogP contribution in [0.5, 0.6) is 5.75 Å². The summed E-state index contributed by atoms with van der Waals surface area (Å²) >= 11 is 0.